The molecule has 1 N–H and O–H groups in total. The molecule has 2 aromatic rings. The van der Waals surface area contributed by atoms with Gasteiger partial charge in [-0.15, -0.1) is 10.2 Å². The van der Waals surface area contributed by atoms with E-state index in [9.17, 15) is 4.79 Å². The molecule has 0 radical (unpaired) electrons. The molecule has 2 amide bonds. The third-order valence-electron chi connectivity index (χ3n) is 4.64. The molecule has 25 heavy (non-hydrogen) atoms. The topological polar surface area (TPSA) is 81.5 Å². The fraction of sp³-hybridized carbons (Fsp3) is 0.471. The average molecular weight is 343 g/mol. The summed E-state index contributed by atoms with van der Waals surface area (Å²) in [5.74, 6) is 2.76. The van der Waals surface area contributed by atoms with Crippen LogP contribution in [0, 0.1) is 5.92 Å². The molecule has 8 heteroatoms. The third-order valence-corrected chi connectivity index (χ3v) is 4.64. The minimum absolute atomic E-state index is 0.0860. The van der Waals surface area contributed by atoms with Gasteiger partial charge in [0.25, 0.3) is 0 Å². The van der Waals surface area contributed by atoms with Crippen molar-refractivity contribution in [1.29, 1.82) is 0 Å². The Labute approximate surface area is 145 Å². The molecule has 0 aliphatic carbocycles. The molecule has 0 spiro atoms. The Balaban J connectivity index is 1.35. The minimum atomic E-state index is -0.0860. The largest absolute Gasteiger partial charge is 0.486 e. The summed E-state index contributed by atoms with van der Waals surface area (Å²) in [5.41, 5.74) is 0.714. The number of ether oxygens (including phenoxy) is 2. The van der Waals surface area contributed by atoms with Crippen molar-refractivity contribution in [1.82, 2.24) is 19.7 Å². The van der Waals surface area contributed by atoms with Gasteiger partial charge in [-0.05, 0) is 24.5 Å². The number of urea groups is 1. The van der Waals surface area contributed by atoms with Crippen LogP contribution in [0.25, 0.3) is 0 Å². The fourth-order valence-corrected chi connectivity index (χ4v) is 3.26. The van der Waals surface area contributed by atoms with Crippen LogP contribution in [0.4, 0.5) is 10.5 Å². The van der Waals surface area contributed by atoms with Crippen LogP contribution in [0.3, 0.4) is 0 Å². The molecular formula is C17H21N5O3. The van der Waals surface area contributed by atoms with Crippen LogP contribution < -0.4 is 14.8 Å². The number of aromatic nitrogens is 3. The van der Waals surface area contributed by atoms with E-state index < -0.39 is 0 Å². The zero-order chi connectivity index (χ0) is 17.2. The Bertz CT molecular complexity index is 775. The maximum Gasteiger partial charge on any atom is 0.321 e. The lowest BCUT2D eigenvalue weighted by atomic mass is 10.0. The van der Waals surface area contributed by atoms with E-state index >= 15 is 0 Å². The van der Waals surface area contributed by atoms with Gasteiger partial charge in [0.15, 0.2) is 11.5 Å². The smallest absolute Gasteiger partial charge is 0.321 e. The predicted octanol–water partition coefficient (Wildman–Crippen LogP) is 1.68. The van der Waals surface area contributed by atoms with Gasteiger partial charge in [0.1, 0.15) is 25.4 Å². The first kappa shape index (κ1) is 15.7. The second-order valence-electron chi connectivity index (χ2n) is 6.45. The summed E-state index contributed by atoms with van der Waals surface area (Å²) in [5, 5.41) is 11.0. The quantitative estimate of drug-likeness (QED) is 0.917. The van der Waals surface area contributed by atoms with Gasteiger partial charge in [0, 0.05) is 38.3 Å². The highest BCUT2D eigenvalue weighted by molar-refractivity contribution is 5.90. The van der Waals surface area contributed by atoms with Crippen molar-refractivity contribution in [3.63, 3.8) is 0 Å². The van der Waals surface area contributed by atoms with Gasteiger partial charge in [0.05, 0.1) is 0 Å². The molecular weight excluding hydrogens is 322 g/mol. The summed E-state index contributed by atoms with van der Waals surface area (Å²) in [6, 6.07) is 5.38. The van der Waals surface area contributed by atoms with E-state index in [2.05, 4.69) is 15.5 Å². The van der Waals surface area contributed by atoms with Crippen molar-refractivity contribution in [2.24, 2.45) is 13.0 Å². The van der Waals surface area contributed by atoms with Crippen LogP contribution in [-0.2, 0) is 13.5 Å². The standard InChI is InChI=1S/C17H21N5O3/c1-21-11-18-20-16(21)8-12-4-5-22(10-12)17(23)19-13-2-3-14-15(9-13)25-7-6-24-14/h2-3,9,11-12H,4-8,10H2,1H3,(H,19,23). The van der Waals surface area contributed by atoms with Crippen molar-refractivity contribution >= 4 is 11.7 Å². The highest BCUT2D eigenvalue weighted by Crippen LogP contribution is 2.32. The van der Waals surface area contributed by atoms with Gasteiger partial charge >= 0.3 is 6.03 Å². The number of anilines is 1. The number of fused-ring (bicyclic) bond motifs is 1. The number of nitrogens with one attached hydrogen (secondary N) is 1. The van der Waals surface area contributed by atoms with E-state index in [0.29, 0.717) is 36.3 Å². The number of amides is 2. The maximum atomic E-state index is 12.5. The molecule has 2 aliphatic rings. The number of rotatable bonds is 3. The van der Waals surface area contributed by atoms with Crippen molar-refractivity contribution in [3.8, 4) is 11.5 Å². The molecule has 2 aliphatic heterocycles. The Morgan fingerprint density at radius 3 is 2.96 bits per heavy atom. The number of aryl methyl sites for hydroxylation is 1. The normalized spacial score (nSPS) is 19.1. The number of carbonyl (C=O) groups is 1. The number of hydrogen-bond acceptors (Lipinski definition) is 5. The Hall–Kier alpha value is -2.77. The molecule has 4 rings (SSSR count). The fourth-order valence-electron chi connectivity index (χ4n) is 3.26. The lowest BCUT2D eigenvalue weighted by Gasteiger charge is -2.20. The molecule has 1 saturated heterocycles. The van der Waals surface area contributed by atoms with Crippen LogP contribution >= 0.6 is 0 Å². The molecule has 1 aromatic carbocycles. The molecule has 1 atom stereocenters. The number of likely N-dealkylation sites (tertiary alicyclic amines) is 1. The number of nitrogens with zero attached hydrogens (tertiary/aromatic N) is 4. The van der Waals surface area contributed by atoms with Crippen LogP contribution in [0.2, 0.25) is 0 Å². The zero-order valence-corrected chi connectivity index (χ0v) is 14.1. The van der Waals surface area contributed by atoms with Crippen molar-refractivity contribution < 1.29 is 14.3 Å². The van der Waals surface area contributed by atoms with E-state index in [1.54, 1.807) is 12.4 Å². The monoisotopic (exact) mass is 343 g/mol. The summed E-state index contributed by atoms with van der Waals surface area (Å²) in [4.78, 5) is 14.4. The third kappa shape index (κ3) is 3.38. The van der Waals surface area contributed by atoms with Crippen molar-refractivity contribution in [2.75, 3.05) is 31.6 Å². The van der Waals surface area contributed by atoms with Crippen LogP contribution in [0.15, 0.2) is 24.5 Å². The minimum Gasteiger partial charge on any atom is -0.486 e. The summed E-state index contributed by atoms with van der Waals surface area (Å²) in [7, 11) is 1.94. The highest BCUT2D eigenvalue weighted by Gasteiger charge is 2.27. The maximum absolute atomic E-state index is 12.5. The first-order chi connectivity index (χ1) is 12.2. The molecule has 0 saturated carbocycles. The van der Waals surface area contributed by atoms with E-state index in [1.807, 2.05) is 28.6 Å². The van der Waals surface area contributed by atoms with Gasteiger partial charge in [-0.3, -0.25) is 0 Å². The summed E-state index contributed by atoms with van der Waals surface area (Å²) < 4.78 is 13.0. The van der Waals surface area contributed by atoms with Crippen molar-refractivity contribution in [2.45, 2.75) is 12.8 Å². The SMILES string of the molecule is Cn1cnnc1CC1CCN(C(=O)Nc2ccc3c(c2)OCCO3)C1. The Morgan fingerprint density at radius 2 is 2.16 bits per heavy atom. The van der Waals surface area contributed by atoms with E-state index in [0.717, 1.165) is 31.8 Å². The first-order valence-electron chi connectivity index (χ1n) is 8.47. The van der Waals surface area contributed by atoms with Gasteiger partial charge < -0.3 is 24.3 Å². The molecule has 1 fully saturated rings. The number of carbonyl (C=O) groups excluding carboxylic acids is 1. The van der Waals surface area contributed by atoms with Gasteiger partial charge in [0.2, 0.25) is 0 Å². The number of benzene rings is 1. The highest BCUT2D eigenvalue weighted by atomic mass is 16.6. The van der Waals surface area contributed by atoms with Gasteiger partial charge in [-0.1, -0.05) is 0 Å². The molecule has 3 heterocycles. The summed E-state index contributed by atoms with van der Waals surface area (Å²) in [6.07, 6.45) is 3.52. The van der Waals surface area contributed by atoms with E-state index in [1.165, 1.54) is 0 Å². The lowest BCUT2D eigenvalue weighted by Crippen LogP contribution is -2.33. The second kappa shape index (κ2) is 6.62. The Kier molecular flexibility index (Phi) is 4.17. The average Bonchev–Trinajstić information content (AvgIpc) is 3.25. The van der Waals surface area contributed by atoms with Gasteiger partial charge in [-0.2, -0.15) is 0 Å². The summed E-state index contributed by atoms with van der Waals surface area (Å²) >= 11 is 0. The Morgan fingerprint density at radius 1 is 1.32 bits per heavy atom. The summed E-state index contributed by atoms with van der Waals surface area (Å²) in [6.45, 7) is 2.56. The van der Waals surface area contributed by atoms with Crippen LogP contribution in [0.1, 0.15) is 12.2 Å². The second-order valence-corrected chi connectivity index (χ2v) is 6.45. The van der Waals surface area contributed by atoms with Gasteiger partial charge in [-0.25, -0.2) is 4.79 Å². The van der Waals surface area contributed by atoms with Crippen LogP contribution in [-0.4, -0.2) is 52.0 Å². The molecule has 132 valence electrons. The van der Waals surface area contributed by atoms with E-state index in [4.69, 9.17) is 9.47 Å². The van der Waals surface area contributed by atoms with Crippen molar-refractivity contribution in [3.05, 3.63) is 30.4 Å². The number of hydrogen-bond donors (Lipinski definition) is 1. The molecule has 8 nitrogen and oxygen atoms in total. The molecule has 1 aromatic heterocycles. The molecule has 1 unspecified atom stereocenters. The van der Waals surface area contributed by atoms with E-state index in [-0.39, 0.29) is 6.03 Å². The van der Waals surface area contributed by atoms with Crippen LogP contribution in [0.5, 0.6) is 11.5 Å². The molecule has 0 bridgehead atoms. The lowest BCUT2D eigenvalue weighted by molar-refractivity contribution is 0.171. The zero-order valence-electron chi connectivity index (χ0n) is 14.1. The predicted molar refractivity (Wildman–Crippen MR) is 90.8 cm³/mol. The first-order valence-corrected chi connectivity index (χ1v) is 8.47.